The largest absolute Gasteiger partial charge is 0.460 e. The van der Waals surface area contributed by atoms with Crippen LogP contribution in [-0.2, 0) is 19.6 Å². The molecule has 1 amide bonds. The molecule has 0 saturated carbocycles. The van der Waals surface area contributed by atoms with E-state index in [1.807, 2.05) is 0 Å². The summed E-state index contributed by atoms with van der Waals surface area (Å²) in [6.07, 6.45) is 2.32. The van der Waals surface area contributed by atoms with Crippen LogP contribution in [0.25, 0.3) is 0 Å². The molecule has 9 nitrogen and oxygen atoms in total. The number of amides is 1. The Morgan fingerprint density at radius 2 is 2.00 bits per heavy atom. The third kappa shape index (κ3) is 5.03. The van der Waals surface area contributed by atoms with Crippen molar-refractivity contribution in [3.8, 4) is 0 Å². The van der Waals surface area contributed by atoms with Gasteiger partial charge in [-0.05, 0) is 60.0 Å². The van der Waals surface area contributed by atoms with E-state index in [1.54, 1.807) is 25.3 Å². The van der Waals surface area contributed by atoms with Gasteiger partial charge in [-0.25, -0.2) is 18.2 Å². The molecular weight excluding hydrogens is 466 g/mol. The van der Waals surface area contributed by atoms with Crippen LogP contribution in [0.4, 0.5) is 5.82 Å². The molecule has 2 aromatic rings. The Balaban J connectivity index is 1.60. The van der Waals surface area contributed by atoms with Crippen molar-refractivity contribution in [1.29, 1.82) is 0 Å². The summed E-state index contributed by atoms with van der Waals surface area (Å²) in [5.41, 5.74) is 0. The second-order valence-corrected chi connectivity index (χ2v) is 9.15. The van der Waals surface area contributed by atoms with Crippen molar-refractivity contribution in [3.05, 3.63) is 40.7 Å². The van der Waals surface area contributed by atoms with Crippen LogP contribution in [0.5, 0.6) is 0 Å². The van der Waals surface area contributed by atoms with E-state index >= 15 is 0 Å². The molecule has 0 unspecified atom stereocenters. The first-order chi connectivity index (χ1) is 13.8. The molecule has 1 aliphatic heterocycles. The van der Waals surface area contributed by atoms with Gasteiger partial charge in [0.2, 0.25) is 16.8 Å². The van der Waals surface area contributed by atoms with Crippen molar-refractivity contribution in [3.63, 3.8) is 0 Å². The first kappa shape index (κ1) is 21.5. The summed E-state index contributed by atoms with van der Waals surface area (Å²) in [4.78, 5) is 28.2. The molecule has 1 aliphatic rings. The van der Waals surface area contributed by atoms with E-state index in [0.717, 1.165) is 4.47 Å². The quantitative estimate of drug-likeness (QED) is 0.624. The predicted molar refractivity (Wildman–Crippen MR) is 107 cm³/mol. The maximum atomic E-state index is 12.7. The minimum Gasteiger partial charge on any atom is -0.460 e. The Kier molecular flexibility index (Phi) is 6.70. The zero-order valence-electron chi connectivity index (χ0n) is 15.6. The second-order valence-electron chi connectivity index (χ2n) is 6.37. The Hall–Kier alpha value is -2.24. The summed E-state index contributed by atoms with van der Waals surface area (Å²) in [6.45, 7) is 2.14. The number of hydrogen-bond donors (Lipinski definition) is 1. The lowest BCUT2D eigenvalue weighted by Gasteiger charge is -2.29. The smallest absolute Gasteiger partial charge is 0.374 e. The molecule has 11 heteroatoms. The molecule has 156 valence electrons. The molecule has 0 atom stereocenters. The molecule has 1 saturated heterocycles. The summed E-state index contributed by atoms with van der Waals surface area (Å²) in [7, 11) is -3.89. The molecule has 0 spiro atoms. The molecule has 0 aromatic carbocycles. The van der Waals surface area contributed by atoms with Crippen LogP contribution < -0.4 is 5.32 Å². The van der Waals surface area contributed by atoms with Gasteiger partial charge in [0.25, 0.3) is 10.0 Å². The number of nitrogens with one attached hydrogen (secondary N) is 1. The number of halogens is 1. The third-order valence-corrected chi connectivity index (χ3v) is 6.70. The highest BCUT2D eigenvalue weighted by Crippen LogP contribution is 2.26. The number of nitrogens with zero attached hydrogens (tertiary/aromatic N) is 2. The molecule has 0 radical (unpaired) electrons. The van der Waals surface area contributed by atoms with Gasteiger partial charge in [-0.15, -0.1) is 0 Å². The van der Waals surface area contributed by atoms with Crippen LogP contribution in [0.3, 0.4) is 0 Å². The summed E-state index contributed by atoms with van der Waals surface area (Å²) >= 11 is 3.28. The lowest BCUT2D eigenvalue weighted by atomic mass is 9.97. The standard InChI is InChI=1S/C18H20BrN3O6S/c1-2-27-18(24)14-4-6-16(28-14)29(25,26)22-9-7-12(8-10-22)17(23)21-15-5-3-13(19)11-20-15/h3-6,11-12H,2,7-10H2,1H3,(H,20,21,23). The number of carbonyl (C=O) groups excluding carboxylic acids is 2. The summed E-state index contributed by atoms with van der Waals surface area (Å²) < 4.78 is 37.5. The van der Waals surface area contributed by atoms with Gasteiger partial charge >= 0.3 is 5.97 Å². The van der Waals surface area contributed by atoms with Gasteiger partial charge in [0.05, 0.1) is 6.61 Å². The SMILES string of the molecule is CCOC(=O)c1ccc(S(=O)(=O)N2CCC(C(=O)Nc3ccc(Br)cn3)CC2)o1. The number of aromatic nitrogens is 1. The topological polar surface area (TPSA) is 119 Å². The van der Waals surface area contributed by atoms with Gasteiger partial charge < -0.3 is 14.5 Å². The lowest BCUT2D eigenvalue weighted by molar-refractivity contribution is -0.120. The number of esters is 1. The Bertz CT molecular complexity index is 981. The van der Waals surface area contributed by atoms with Gasteiger partial charge in [0.15, 0.2) is 0 Å². The number of hydrogen-bond acceptors (Lipinski definition) is 7. The van der Waals surface area contributed by atoms with Crippen LogP contribution in [0.15, 0.2) is 44.4 Å². The van der Waals surface area contributed by atoms with Crippen molar-refractivity contribution >= 4 is 43.6 Å². The van der Waals surface area contributed by atoms with E-state index in [2.05, 4.69) is 26.2 Å². The van der Waals surface area contributed by atoms with Crippen molar-refractivity contribution in [2.24, 2.45) is 5.92 Å². The number of ether oxygens (including phenoxy) is 1. The number of piperidine rings is 1. The highest BCUT2D eigenvalue weighted by atomic mass is 79.9. The molecule has 29 heavy (non-hydrogen) atoms. The summed E-state index contributed by atoms with van der Waals surface area (Å²) in [5, 5.41) is 2.43. The predicted octanol–water partition coefficient (Wildman–Crippen LogP) is 2.65. The van der Waals surface area contributed by atoms with Crippen LogP contribution in [-0.4, -0.2) is 49.3 Å². The minimum atomic E-state index is -3.89. The summed E-state index contributed by atoms with van der Waals surface area (Å²) in [5.74, 6) is -0.957. The summed E-state index contributed by atoms with van der Waals surface area (Å²) in [6, 6.07) is 5.96. The fourth-order valence-corrected chi connectivity index (χ4v) is 4.55. The monoisotopic (exact) mass is 485 g/mol. The van der Waals surface area contributed by atoms with Crippen molar-refractivity contribution < 1.29 is 27.2 Å². The van der Waals surface area contributed by atoms with Gasteiger partial charge in [-0.1, -0.05) is 0 Å². The highest BCUT2D eigenvalue weighted by molar-refractivity contribution is 9.10. The maximum absolute atomic E-state index is 12.7. The van der Waals surface area contributed by atoms with Gasteiger partial charge in [-0.2, -0.15) is 4.31 Å². The highest BCUT2D eigenvalue weighted by Gasteiger charge is 2.34. The van der Waals surface area contributed by atoms with Gasteiger partial charge in [-0.3, -0.25) is 4.79 Å². The molecule has 1 fully saturated rings. The van der Waals surface area contributed by atoms with Crippen LogP contribution >= 0.6 is 15.9 Å². The normalized spacial score (nSPS) is 15.8. The number of pyridine rings is 1. The number of sulfonamides is 1. The van der Waals surface area contributed by atoms with E-state index < -0.39 is 16.0 Å². The molecule has 2 aromatic heterocycles. The van der Waals surface area contributed by atoms with Crippen molar-refractivity contribution in [2.75, 3.05) is 25.0 Å². The van der Waals surface area contributed by atoms with Crippen LogP contribution in [0, 0.1) is 5.92 Å². The van der Waals surface area contributed by atoms with E-state index in [9.17, 15) is 18.0 Å². The maximum Gasteiger partial charge on any atom is 0.374 e. The van der Waals surface area contributed by atoms with E-state index in [0.29, 0.717) is 18.7 Å². The zero-order valence-corrected chi connectivity index (χ0v) is 18.0. The Morgan fingerprint density at radius 1 is 1.28 bits per heavy atom. The van der Waals surface area contributed by atoms with Crippen LogP contribution in [0.2, 0.25) is 0 Å². The minimum absolute atomic E-state index is 0.160. The first-order valence-corrected chi connectivity index (χ1v) is 11.2. The number of carbonyl (C=O) groups is 2. The van der Waals surface area contributed by atoms with Crippen LogP contribution in [0.1, 0.15) is 30.3 Å². The average Bonchev–Trinajstić information content (AvgIpc) is 3.21. The van der Waals surface area contributed by atoms with E-state index in [4.69, 9.17) is 9.15 Å². The number of furan rings is 1. The Labute approximate surface area is 176 Å². The van der Waals surface area contributed by atoms with E-state index in [1.165, 1.54) is 16.4 Å². The molecule has 1 N–H and O–H groups in total. The molecule has 0 aliphatic carbocycles. The van der Waals surface area contributed by atoms with E-state index in [-0.39, 0.29) is 42.4 Å². The third-order valence-electron chi connectivity index (χ3n) is 4.46. The molecule has 0 bridgehead atoms. The fourth-order valence-electron chi connectivity index (χ4n) is 2.93. The van der Waals surface area contributed by atoms with Gasteiger partial charge in [0.1, 0.15) is 5.82 Å². The van der Waals surface area contributed by atoms with Gasteiger partial charge in [0, 0.05) is 29.7 Å². The lowest BCUT2D eigenvalue weighted by Crippen LogP contribution is -2.41. The fraction of sp³-hybridized carbons (Fsp3) is 0.389. The number of rotatable bonds is 6. The van der Waals surface area contributed by atoms with Crippen molar-refractivity contribution in [1.82, 2.24) is 9.29 Å². The molecule has 3 heterocycles. The zero-order chi connectivity index (χ0) is 21.0. The number of anilines is 1. The van der Waals surface area contributed by atoms with Crippen molar-refractivity contribution in [2.45, 2.75) is 24.9 Å². The second kappa shape index (κ2) is 9.06. The average molecular weight is 486 g/mol. The molecular formula is C18H20BrN3O6S. The molecule has 3 rings (SSSR count). The Morgan fingerprint density at radius 3 is 2.62 bits per heavy atom. The first-order valence-electron chi connectivity index (χ1n) is 9.00.